The second-order valence-electron chi connectivity index (χ2n) is 5.50. The third kappa shape index (κ3) is 5.61. The van der Waals surface area contributed by atoms with Gasteiger partial charge >= 0.3 is 0 Å². The topological polar surface area (TPSA) is 52.6 Å². The molecule has 1 rings (SSSR count). The highest BCUT2D eigenvalue weighted by molar-refractivity contribution is 5.78. The van der Waals surface area contributed by atoms with Crippen molar-refractivity contribution in [3.63, 3.8) is 0 Å². The quantitative estimate of drug-likeness (QED) is 0.803. The van der Waals surface area contributed by atoms with Gasteiger partial charge in [-0.3, -0.25) is 9.69 Å². The van der Waals surface area contributed by atoms with Crippen LogP contribution < -0.4 is 5.32 Å². The number of nitrogens with one attached hydrogen (secondary N) is 1. The van der Waals surface area contributed by atoms with E-state index < -0.39 is 0 Å². The summed E-state index contributed by atoms with van der Waals surface area (Å²) in [5, 5.41) is 12.2. The molecule has 0 saturated heterocycles. The number of benzene rings is 1. The van der Waals surface area contributed by atoms with Crippen LogP contribution in [0.1, 0.15) is 33.3 Å². The largest absolute Gasteiger partial charge is 0.508 e. The third-order valence-corrected chi connectivity index (χ3v) is 3.29. The van der Waals surface area contributed by atoms with E-state index in [2.05, 4.69) is 24.1 Å². The van der Waals surface area contributed by atoms with Crippen LogP contribution >= 0.6 is 0 Å². The summed E-state index contributed by atoms with van der Waals surface area (Å²) < 4.78 is 0. The number of rotatable bonds is 7. The van der Waals surface area contributed by atoms with E-state index >= 15 is 0 Å². The van der Waals surface area contributed by atoms with Gasteiger partial charge in [0.05, 0.1) is 6.54 Å². The van der Waals surface area contributed by atoms with Crippen molar-refractivity contribution in [2.24, 2.45) is 0 Å². The maximum absolute atomic E-state index is 11.8. The summed E-state index contributed by atoms with van der Waals surface area (Å²) in [6.07, 6.45) is 0.864. The highest BCUT2D eigenvalue weighted by atomic mass is 16.3. The molecule has 4 nitrogen and oxygen atoms in total. The number of aromatic hydroxyl groups is 1. The molecule has 1 atom stereocenters. The van der Waals surface area contributed by atoms with Crippen LogP contribution in [0.25, 0.3) is 0 Å². The molecule has 1 amide bonds. The Hall–Kier alpha value is -1.55. The third-order valence-electron chi connectivity index (χ3n) is 3.29. The lowest BCUT2D eigenvalue weighted by atomic mass is 10.1. The Labute approximate surface area is 121 Å². The Bertz CT molecular complexity index is 415. The fraction of sp³-hybridized carbons (Fsp3) is 0.562. The van der Waals surface area contributed by atoms with Crippen LogP contribution in [0.2, 0.25) is 0 Å². The number of likely N-dealkylation sites (N-methyl/N-ethyl adjacent to an activating group) is 1. The zero-order chi connectivity index (χ0) is 15.1. The summed E-state index contributed by atoms with van der Waals surface area (Å²) in [6, 6.07) is 7.70. The van der Waals surface area contributed by atoms with Gasteiger partial charge in [-0.05, 0) is 51.4 Å². The molecule has 112 valence electrons. The molecular weight excluding hydrogens is 252 g/mol. The average molecular weight is 278 g/mol. The molecule has 0 saturated carbocycles. The smallest absolute Gasteiger partial charge is 0.234 e. The van der Waals surface area contributed by atoms with Crippen molar-refractivity contribution in [2.45, 2.75) is 46.2 Å². The number of nitrogens with zero attached hydrogens (tertiary/aromatic N) is 1. The number of hydrogen-bond acceptors (Lipinski definition) is 3. The highest BCUT2D eigenvalue weighted by Crippen LogP contribution is 2.13. The SMILES string of the molecule is CCN(CC(=O)NC(C)C)C(C)Cc1ccc(O)cc1. The predicted molar refractivity (Wildman–Crippen MR) is 81.8 cm³/mol. The summed E-state index contributed by atoms with van der Waals surface area (Å²) in [5.74, 6) is 0.351. The van der Waals surface area contributed by atoms with Gasteiger partial charge in [0.25, 0.3) is 0 Å². The number of hydrogen-bond donors (Lipinski definition) is 2. The number of amides is 1. The molecule has 0 radical (unpaired) electrons. The van der Waals surface area contributed by atoms with E-state index in [1.165, 1.54) is 0 Å². The molecule has 1 unspecified atom stereocenters. The molecule has 1 aromatic rings. The van der Waals surface area contributed by atoms with Crippen molar-refractivity contribution in [3.05, 3.63) is 29.8 Å². The van der Waals surface area contributed by atoms with E-state index in [9.17, 15) is 9.90 Å². The van der Waals surface area contributed by atoms with Gasteiger partial charge in [0, 0.05) is 12.1 Å². The van der Waals surface area contributed by atoms with Gasteiger partial charge in [-0.15, -0.1) is 0 Å². The van der Waals surface area contributed by atoms with Crippen molar-refractivity contribution in [2.75, 3.05) is 13.1 Å². The number of phenolic OH excluding ortho intramolecular Hbond substituents is 1. The zero-order valence-electron chi connectivity index (χ0n) is 12.9. The average Bonchev–Trinajstić information content (AvgIpc) is 2.37. The molecule has 2 N–H and O–H groups in total. The Morgan fingerprint density at radius 3 is 2.35 bits per heavy atom. The lowest BCUT2D eigenvalue weighted by Gasteiger charge is -2.27. The molecule has 0 spiro atoms. The van der Waals surface area contributed by atoms with Crippen LogP contribution in [-0.2, 0) is 11.2 Å². The van der Waals surface area contributed by atoms with Gasteiger partial charge in [0.15, 0.2) is 0 Å². The summed E-state index contributed by atoms with van der Waals surface area (Å²) in [6.45, 7) is 9.38. The second-order valence-corrected chi connectivity index (χ2v) is 5.50. The van der Waals surface area contributed by atoms with E-state index in [0.717, 1.165) is 18.5 Å². The van der Waals surface area contributed by atoms with Crippen LogP contribution in [0.3, 0.4) is 0 Å². The summed E-state index contributed by atoms with van der Waals surface area (Å²) in [7, 11) is 0. The first-order valence-corrected chi connectivity index (χ1v) is 7.23. The minimum atomic E-state index is 0.0689. The van der Waals surface area contributed by atoms with Crippen LogP contribution in [-0.4, -0.2) is 41.1 Å². The van der Waals surface area contributed by atoms with E-state index in [1.54, 1.807) is 12.1 Å². The lowest BCUT2D eigenvalue weighted by Crippen LogP contribution is -2.44. The number of carbonyl (C=O) groups excluding carboxylic acids is 1. The molecule has 0 aromatic heterocycles. The fourth-order valence-electron chi connectivity index (χ4n) is 2.23. The maximum atomic E-state index is 11.8. The predicted octanol–water partition coefficient (Wildman–Crippen LogP) is 2.17. The molecule has 0 fully saturated rings. The van der Waals surface area contributed by atoms with Crippen LogP contribution in [0.15, 0.2) is 24.3 Å². The van der Waals surface area contributed by atoms with Crippen molar-refractivity contribution >= 4 is 5.91 Å². The summed E-state index contributed by atoms with van der Waals surface area (Å²) in [5.41, 5.74) is 1.16. The van der Waals surface area contributed by atoms with E-state index in [0.29, 0.717) is 6.54 Å². The molecule has 0 heterocycles. The van der Waals surface area contributed by atoms with Gasteiger partial charge < -0.3 is 10.4 Å². The molecule has 0 aliphatic heterocycles. The van der Waals surface area contributed by atoms with Crippen molar-refractivity contribution < 1.29 is 9.90 Å². The number of phenols is 1. The van der Waals surface area contributed by atoms with Gasteiger partial charge in [-0.25, -0.2) is 0 Å². The molecular formula is C16H26N2O2. The minimum absolute atomic E-state index is 0.0689. The Morgan fingerprint density at radius 2 is 1.85 bits per heavy atom. The lowest BCUT2D eigenvalue weighted by molar-refractivity contribution is -0.123. The normalized spacial score (nSPS) is 12.7. The van der Waals surface area contributed by atoms with E-state index in [4.69, 9.17) is 0 Å². The monoisotopic (exact) mass is 278 g/mol. The Kier molecular flexibility index (Phi) is 6.52. The minimum Gasteiger partial charge on any atom is -0.508 e. The molecule has 0 aliphatic carbocycles. The van der Waals surface area contributed by atoms with E-state index in [-0.39, 0.29) is 23.7 Å². The zero-order valence-corrected chi connectivity index (χ0v) is 12.9. The molecule has 0 bridgehead atoms. The highest BCUT2D eigenvalue weighted by Gasteiger charge is 2.16. The first-order valence-electron chi connectivity index (χ1n) is 7.23. The molecule has 20 heavy (non-hydrogen) atoms. The molecule has 1 aromatic carbocycles. The van der Waals surface area contributed by atoms with Gasteiger partial charge in [0.2, 0.25) is 5.91 Å². The Morgan fingerprint density at radius 1 is 1.25 bits per heavy atom. The first-order chi connectivity index (χ1) is 9.42. The summed E-state index contributed by atoms with van der Waals surface area (Å²) in [4.78, 5) is 14.0. The van der Waals surface area contributed by atoms with Crippen molar-refractivity contribution in [1.82, 2.24) is 10.2 Å². The second kappa shape index (κ2) is 7.90. The van der Waals surface area contributed by atoms with Crippen LogP contribution in [0.4, 0.5) is 0 Å². The Balaban J connectivity index is 2.55. The number of carbonyl (C=O) groups is 1. The van der Waals surface area contributed by atoms with Gasteiger partial charge in [-0.2, -0.15) is 0 Å². The van der Waals surface area contributed by atoms with Crippen LogP contribution in [0.5, 0.6) is 5.75 Å². The van der Waals surface area contributed by atoms with Crippen molar-refractivity contribution in [3.8, 4) is 5.75 Å². The van der Waals surface area contributed by atoms with Crippen LogP contribution in [0, 0.1) is 0 Å². The van der Waals surface area contributed by atoms with Gasteiger partial charge in [-0.1, -0.05) is 19.1 Å². The van der Waals surface area contributed by atoms with Gasteiger partial charge in [0.1, 0.15) is 5.75 Å². The fourth-order valence-corrected chi connectivity index (χ4v) is 2.23. The standard InChI is InChI=1S/C16H26N2O2/c1-5-18(11-16(20)17-12(2)3)13(4)10-14-6-8-15(19)9-7-14/h6-9,12-13,19H,5,10-11H2,1-4H3,(H,17,20). The van der Waals surface area contributed by atoms with Crippen molar-refractivity contribution in [1.29, 1.82) is 0 Å². The first kappa shape index (κ1) is 16.5. The van der Waals surface area contributed by atoms with E-state index in [1.807, 2.05) is 26.0 Å². The summed E-state index contributed by atoms with van der Waals surface area (Å²) >= 11 is 0. The maximum Gasteiger partial charge on any atom is 0.234 e. The molecule has 4 heteroatoms. The molecule has 0 aliphatic rings.